The highest BCUT2D eigenvalue weighted by atomic mass is 35.5. The van der Waals surface area contributed by atoms with Crippen molar-refractivity contribution in [1.29, 1.82) is 5.26 Å². The minimum Gasteiger partial charge on any atom is -0.358 e. The van der Waals surface area contributed by atoms with Gasteiger partial charge in [0.05, 0.1) is 31.4 Å². The fourth-order valence-electron chi connectivity index (χ4n) is 1.84. The molecule has 0 aliphatic heterocycles. The standard InChI is InChI=1S/C16H9Cl3N4O3/c17-11-5-4-10(23(25)26)6-14(11)22-16(24)9(7-20)8-21-15-12(18)2-1-3-13(15)19/h1-6,8,21H,(H,22,24)/b9-8-. The third kappa shape index (κ3) is 4.64. The Morgan fingerprint density at radius 1 is 1.15 bits per heavy atom. The van der Waals surface area contributed by atoms with Crippen LogP contribution in [-0.2, 0) is 4.79 Å². The normalized spacial score (nSPS) is 10.8. The number of carbonyl (C=O) groups excluding carboxylic acids is 1. The van der Waals surface area contributed by atoms with Crippen LogP contribution < -0.4 is 10.6 Å². The third-order valence-electron chi connectivity index (χ3n) is 3.10. The van der Waals surface area contributed by atoms with Gasteiger partial charge in [-0.2, -0.15) is 5.26 Å². The number of nitrogens with zero attached hydrogens (tertiary/aromatic N) is 2. The molecule has 0 bridgehead atoms. The fraction of sp³-hybridized carbons (Fsp3) is 0. The average Bonchev–Trinajstić information content (AvgIpc) is 2.59. The number of nitriles is 1. The number of halogens is 3. The molecule has 2 N–H and O–H groups in total. The number of nitrogens with one attached hydrogen (secondary N) is 2. The van der Waals surface area contributed by atoms with E-state index in [4.69, 9.17) is 34.8 Å². The van der Waals surface area contributed by atoms with Crippen LogP contribution >= 0.6 is 34.8 Å². The molecule has 0 spiro atoms. The quantitative estimate of drug-likeness (QED) is 0.311. The van der Waals surface area contributed by atoms with Crippen molar-refractivity contribution in [3.8, 4) is 6.07 Å². The molecule has 0 fully saturated rings. The van der Waals surface area contributed by atoms with Crippen molar-refractivity contribution in [2.75, 3.05) is 10.6 Å². The van der Waals surface area contributed by atoms with Gasteiger partial charge in [0.1, 0.15) is 11.6 Å². The number of anilines is 2. The molecule has 0 saturated carbocycles. The van der Waals surface area contributed by atoms with Crippen molar-refractivity contribution in [3.63, 3.8) is 0 Å². The second-order valence-corrected chi connectivity index (χ2v) is 6.01. The van der Waals surface area contributed by atoms with Crippen molar-refractivity contribution < 1.29 is 9.72 Å². The van der Waals surface area contributed by atoms with Crippen molar-refractivity contribution in [1.82, 2.24) is 0 Å². The van der Waals surface area contributed by atoms with E-state index in [1.165, 1.54) is 12.1 Å². The first-order chi connectivity index (χ1) is 12.3. The zero-order valence-corrected chi connectivity index (χ0v) is 15.1. The van der Waals surface area contributed by atoms with E-state index in [2.05, 4.69) is 10.6 Å². The van der Waals surface area contributed by atoms with Crippen LogP contribution in [-0.4, -0.2) is 10.8 Å². The molecule has 1 amide bonds. The lowest BCUT2D eigenvalue weighted by atomic mass is 10.2. The SMILES string of the molecule is N#C/C(=C/Nc1c(Cl)cccc1Cl)C(=O)Nc1cc([N+](=O)[O-])ccc1Cl. The number of amides is 1. The molecule has 0 atom stereocenters. The van der Waals surface area contributed by atoms with Gasteiger partial charge >= 0.3 is 0 Å². The molecule has 2 rings (SSSR count). The maximum Gasteiger partial charge on any atom is 0.271 e. The highest BCUT2D eigenvalue weighted by molar-refractivity contribution is 6.39. The second kappa shape index (κ2) is 8.54. The van der Waals surface area contributed by atoms with Gasteiger partial charge in [-0.25, -0.2) is 0 Å². The summed E-state index contributed by atoms with van der Waals surface area (Å²) in [5.74, 6) is -0.814. The predicted octanol–water partition coefficient (Wildman–Crippen LogP) is 5.01. The Hall–Kier alpha value is -2.79. The maximum atomic E-state index is 12.2. The fourth-order valence-corrected chi connectivity index (χ4v) is 2.51. The Morgan fingerprint density at radius 3 is 2.38 bits per heavy atom. The van der Waals surface area contributed by atoms with Crippen LogP contribution in [0.1, 0.15) is 0 Å². The number of nitro benzene ring substituents is 1. The molecule has 10 heteroatoms. The summed E-state index contributed by atoms with van der Waals surface area (Å²) in [5.41, 5.74) is -0.246. The highest BCUT2D eigenvalue weighted by Crippen LogP contribution is 2.30. The molecule has 132 valence electrons. The molecule has 2 aromatic rings. The van der Waals surface area contributed by atoms with Gasteiger partial charge in [-0.1, -0.05) is 40.9 Å². The minimum atomic E-state index is -0.814. The molecule has 0 aliphatic rings. The van der Waals surface area contributed by atoms with Crippen molar-refractivity contribution in [2.24, 2.45) is 0 Å². The van der Waals surface area contributed by atoms with Gasteiger partial charge < -0.3 is 10.6 Å². The van der Waals surface area contributed by atoms with Crippen LogP contribution in [0.4, 0.5) is 17.1 Å². The molecule has 0 unspecified atom stereocenters. The molecule has 0 saturated heterocycles. The third-order valence-corrected chi connectivity index (χ3v) is 4.06. The number of benzene rings is 2. The van der Waals surface area contributed by atoms with Crippen molar-refractivity contribution in [3.05, 3.63) is 73.4 Å². The van der Waals surface area contributed by atoms with Crippen molar-refractivity contribution in [2.45, 2.75) is 0 Å². The minimum absolute atomic E-state index is 0.00259. The van der Waals surface area contributed by atoms with E-state index in [9.17, 15) is 20.2 Å². The Morgan fingerprint density at radius 2 is 1.81 bits per heavy atom. The number of hydrogen-bond acceptors (Lipinski definition) is 5. The first kappa shape index (κ1) is 19.5. The zero-order valence-electron chi connectivity index (χ0n) is 12.8. The lowest BCUT2D eigenvalue weighted by Gasteiger charge is -2.08. The van der Waals surface area contributed by atoms with Gasteiger partial charge in [-0.3, -0.25) is 14.9 Å². The van der Waals surface area contributed by atoms with E-state index >= 15 is 0 Å². The Labute approximate surface area is 162 Å². The Kier molecular flexibility index (Phi) is 6.41. The number of hydrogen-bond donors (Lipinski definition) is 2. The van der Waals surface area contributed by atoms with E-state index in [0.717, 1.165) is 12.3 Å². The van der Waals surface area contributed by atoms with Crippen LogP contribution in [0.25, 0.3) is 0 Å². The largest absolute Gasteiger partial charge is 0.358 e. The van der Waals surface area contributed by atoms with Crippen LogP contribution in [0, 0.1) is 21.4 Å². The lowest BCUT2D eigenvalue weighted by Crippen LogP contribution is -2.15. The molecule has 7 nitrogen and oxygen atoms in total. The molecular weight excluding hydrogens is 403 g/mol. The van der Waals surface area contributed by atoms with E-state index in [-0.39, 0.29) is 22.0 Å². The number of para-hydroxylation sites is 1. The summed E-state index contributed by atoms with van der Waals surface area (Å²) in [6.07, 6.45) is 1.12. The molecule has 0 aliphatic carbocycles. The summed E-state index contributed by atoms with van der Waals surface area (Å²) in [6, 6.07) is 10.1. The smallest absolute Gasteiger partial charge is 0.271 e. The summed E-state index contributed by atoms with van der Waals surface area (Å²) in [4.78, 5) is 22.4. The summed E-state index contributed by atoms with van der Waals surface area (Å²) >= 11 is 17.9. The molecule has 26 heavy (non-hydrogen) atoms. The predicted molar refractivity (Wildman–Crippen MR) is 101 cm³/mol. The van der Waals surface area contributed by atoms with Gasteiger partial charge in [0.2, 0.25) is 0 Å². The first-order valence-electron chi connectivity index (χ1n) is 6.89. The monoisotopic (exact) mass is 410 g/mol. The molecule has 0 radical (unpaired) electrons. The van der Waals surface area contributed by atoms with Crippen LogP contribution in [0.15, 0.2) is 48.2 Å². The van der Waals surface area contributed by atoms with Gasteiger partial charge in [-0.05, 0) is 18.2 Å². The molecule has 2 aromatic carbocycles. The molecule has 0 heterocycles. The second-order valence-electron chi connectivity index (χ2n) is 4.79. The zero-order chi connectivity index (χ0) is 19.3. The highest BCUT2D eigenvalue weighted by Gasteiger charge is 2.15. The van der Waals surface area contributed by atoms with E-state index < -0.39 is 10.8 Å². The summed E-state index contributed by atoms with van der Waals surface area (Å²) in [6.45, 7) is 0. The summed E-state index contributed by atoms with van der Waals surface area (Å²) in [7, 11) is 0. The van der Waals surface area contributed by atoms with Crippen molar-refractivity contribution >= 4 is 57.8 Å². The Bertz CT molecular complexity index is 934. The van der Waals surface area contributed by atoms with E-state index in [1.54, 1.807) is 24.3 Å². The Balaban J connectivity index is 2.23. The van der Waals surface area contributed by atoms with E-state index in [1.807, 2.05) is 0 Å². The molecular formula is C16H9Cl3N4O3. The van der Waals surface area contributed by atoms with E-state index in [0.29, 0.717) is 15.7 Å². The summed E-state index contributed by atoms with van der Waals surface area (Å²) in [5, 5.41) is 25.7. The number of rotatable bonds is 5. The topological polar surface area (TPSA) is 108 Å². The first-order valence-corrected chi connectivity index (χ1v) is 8.03. The van der Waals surface area contributed by atoms with Gasteiger partial charge in [0, 0.05) is 18.3 Å². The number of nitro groups is 1. The average molecular weight is 412 g/mol. The van der Waals surface area contributed by atoms with Crippen LogP contribution in [0.3, 0.4) is 0 Å². The van der Waals surface area contributed by atoms with Gasteiger partial charge in [0.25, 0.3) is 11.6 Å². The maximum absolute atomic E-state index is 12.2. The van der Waals surface area contributed by atoms with Gasteiger partial charge in [0.15, 0.2) is 0 Å². The van der Waals surface area contributed by atoms with Gasteiger partial charge in [-0.15, -0.1) is 0 Å². The lowest BCUT2D eigenvalue weighted by molar-refractivity contribution is -0.384. The number of carbonyl (C=O) groups is 1. The van der Waals surface area contributed by atoms with Crippen LogP contribution in [0.2, 0.25) is 15.1 Å². The summed E-state index contributed by atoms with van der Waals surface area (Å²) < 4.78 is 0. The molecule has 0 aromatic heterocycles. The number of non-ortho nitro benzene ring substituents is 1. The van der Waals surface area contributed by atoms with Crippen LogP contribution in [0.5, 0.6) is 0 Å².